The second-order valence-electron chi connectivity index (χ2n) is 3.52. The summed E-state index contributed by atoms with van der Waals surface area (Å²) >= 11 is 0. The van der Waals surface area contributed by atoms with Crippen LogP contribution in [0.1, 0.15) is 12.0 Å². The molecule has 8 heteroatoms. The fourth-order valence-electron chi connectivity index (χ4n) is 1.24. The molecule has 0 aliphatic heterocycles. The van der Waals surface area contributed by atoms with E-state index in [0.29, 0.717) is 0 Å². The van der Waals surface area contributed by atoms with E-state index in [1.54, 1.807) is 24.5 Å². The van der Waals surface area contributed by atoms with Crippen molar-refractivity contribution in [2.45, 2.75) is 13.0 Å². The van der Waals surface area contributed by atoms with Gasteiger partial charge in [-0.25, -0.2) is 5.14 Å². The molecule has 1 heterocycles. The highest BCUT2D eigenvalue weighted by molar-refractivity contribution is 7.86. The first kappa shape index (κ1) is 13.6. The number of nitrogens with zero attached hydrogens (tertiary/aromatic N) is 2. The van der Waals surface area contributed by atoms with Crippen molar-refractivity contribution in [2.24, 2.45) is 10.9 Å². The zero-order valence-electron chi connectivity index (χ0n) is 9.20. The van der Waals surface area contributed by atoms with Gasteiger partial charge in [-0.1, -0.05) is 6.07 Å². The normalized spacial score (nSPS) is 11.6. The lowest BCUT2D eigenvalue weighted by molar-refractivity contribution is 0.415. The van der Waals surface area contributed by atoms with Crippen LogP contribution in [0.25, 0.3) is 0 Å². The predicted octanol–water partition coefficient (Wildman–Crippen LogP) is -0.587. The van der Waals surface area contributed by atoms with Gasteiger partial charge in [-0.15, -0.1) is 0 Å². The van der Waals surface area contributed by atoms with Crippen LogP contribution in [0.5, 0.6) is 0 Å². The van der Waals surface area contributed by atoms with Crippen molar-refractivity contribution in [1.82, 2.24) is 9.29 Å². The van der Waals surface area contributed by atoms with Crippen LogP contribution >= 0.6 is 0 Å². The van der Waals surface area contributed by atoms with Crippen LogP contribution in [0.3, 0.4) is 0 Å². The molecule has 0 aliphatic carbocycles. The summed E-state index contributed by atoms with van der Waals surface area (Å²) in [6, 6.07) is 3.46. The molecule has 1 aromatic heterocycles. The van der Waals surface area contributed by atoms with Crippen molar-refractivity contribution in [3.63, 3.8) is 0 Å². The van der Waals surface area contributed by atoms with Crippen LogP contribution in [0.2, 0.25) is 0 Å². The maximum Gasteiger partial charge on any atom is 0.277 e. The smallest absolute Gasteiger partial charge is 0.277 e. The van der Waals surface area contributed by atoms with Gasteiger partial charge in [-0.3, -0.25) is 10.4 Å². The SMILES string of the molecule is N=C(N)CCN(Cc1cccnc1)S(N)(=O)=O. The minimum Gasteiger partial charge on any atom is -0.388 e. The van der Waals surface area contributed by atoms with Crippen molar-refractivity contribution in [1.29, 1.82) is 5.41 Å². The molecule has 0 aromatic carbocycles. The van der Waals surface area contributed by atoms with Crippen LogP contribution < -0.4 is 10.9 Å². The van der Waals surface area contributed by atoms with E-state index in [1.807, 2.05) is 0 Å². The summed E-state index contributed by atoms with van der Waals surface area (Å²) in [6.45, 7) is 0.211. The molecule has 0 fully saturated rings. The Morgan fingerprint density at radius 1 is 1.53 bits per heavy atom. The second kappa shape index (κ2) is 5.71. The fourth-order valence-corrected chi connectivity index (χ4v) is 1.91. The minimum atomic E-state index is -3.81. The molecule has 94 valence electrons. The van der Waals surface area contributed by atoms with Crippen molar-refractivity contribution in [3.8, 4) is 0 Å². The van der Waals surface area contributed by atoms with Gasteiger partial charge in [-0.2, -0.15) is 12.7 Å². The summed E-state index contributed by atoms with van der Waals surface area (Å²) in [5.41, 5.74) is 5.91. The van der Waals surface area contributed by atoms with E-state index in [9.17, 15) is 8.42 Å². The summed E-state index contributed by atoms with van der Waals surface area (Å²) < 4.78 is 23.7. The Morgan fingerprint density at radius 3 is 2.71 bits per heavy atom. The molecule has 0 bridgehead atoms. The number of nitrogens with one attached hydrogen (secondary N) is 1. The van der Waals surface area contributed by atoms with Gasteiger partial charge in [-0.05, 0) is 11.6 Å². The van der Waals surface area contributed by atoms with E-state index in [-0.39, 0.29) is 25.3 Å². The predicted molar refractivity (Wildman–Crippen MR) is 64.3 cm³/mol. The van der Waals surface area contributed by atoms with Gasteiger partial charge >= 0.3 is 0 Å². The van der Waals surface area contributed by atoms with Crippen LogP contribution in [-0.4, -0.2) is 30.1 Å². The van der Waals surface area contributed by atoms with Gasteiger partial charge in [0.2, 0.25) is 0 Å². The van der Waals surface area contributed by atoms with Crippen molar-refractivity contribution >= 4 is 16.0 Å². The van der Waals surface area contributed by atoms with Gasteiger partial charge in [0.25, 0.3) is 10.2 Å². The number of nitrogens with two attached hydrogens (primary N) is 2. The number of hydrogen-bond donors (Lipinski definition) is 3. The number of rotatable bonds is 6. The molecule has 1 aromatic rings. The summed E-state index contributed by atoms with van der Waals surface area (Å²) in [5.74, 6) is -0.0789. The Balaban J connectivity index is 2.75. The number of hydrogen-bond acceptors (Lipinski definition) is 4. The van der Waals surface area contributed by atoms with E-state index in [2.05, 4.69) is 4.98 Å². The van der Waals surface area contributed by atoms with Gasteiger partial charge in [0.1, 0.15) is 0 Å². The van der Waals surface area contributed by atoms with Gasteiger partial charge in [0.05, 0.1) is 5.84 Å². The number of aromatic nitrogens is 1. The van der Waals surface area contributed by atoms with E-state index in [1.165, 1.54) is 0 Å². The molecule has 7 nitrogen and oxygen atoms in total. The van der Waals surface area contributed by atoms with Crippen molar-refractivity contribution in [2.75, 3.05) is 6.54 Å². The highest BCUT2D eigenvalue weighted by Crippen LogP contribution is 2.06. The first-order valence-corrected chi connectivity index (χ1v) is 6.39. The third kappa shape index (κ3) is 4.89. The van der Waals surface area contributed by atoms with Crippen LogP contribution in [-0.2, 0) is 16.8 Å². The Hall–Kier alpha value is -1.51. The molecule has 5 N–H and O–H groups in total. The Morgan fingerprint density at radius 2 is 2.24 bits per heavy atom. The summed E-state index contributed by atoms with van der Waals surface area (Å²) in [7, 11) is -3.81. The Kier molecular flexibility index (Phi) is 4.55. The lowest BCUT2D eigenvalue weighted by Gasteiger charge is -2.18. The lowest BCUT2D eigenvalue weighted by Crippen LogP contribution is -2.38. The molecule has 0 spiro atoms. The molecular weight excluding hydrogens is 242 g/mol. The van der Waals surface area contributed by atoms with Gasteiger partial charge < -0.3 is 5.73 Å². The largest absolute Gasteiger partial charge is 0.388 e. The van der Waals surface area contributed by atoms with Crippen LogP contribution in [0.4, 0.5) is 0 Å². The monoisotopic (exact) mass is 257 g/mol. The molecule has 1 rings (SSSR count). The lowest BCUT2D eigenvalue weighted by atomic mass is 10.3. The summed E-state index contributed by atoms with van der Waals surface area (Å²) in [5, 5.41) is 12.2. The summed E-state index contributed by atoms with van der Waals surface area (Å²) in [4.78, 5) is 3.89. The standard InChI is InChI=1S/C9H15N5O2S/c10-9(11)3-5-14(17(12,15)16)7-8-2-1-4-13-6-8/h1-2,4,6H,3,5,7H2,(H3,10,11)(H2,12,15,16). The molecular formula is C9H15N5O2S. The number of pyridine rings is 1. The molecule has 0 amide bonds. The third-order valence-electron chi connectivity index (χ3n) is 2.07. The highest BCUT2D eigenvalue weighted by Gasteiger charge is 2.17. The van der Waals surface area contributed by atoms with Gasteiger partial charge in [0, 0.05) is 31.9 Å². The average Bonchev–Trinajstić information content (AvgIpc) is 2.23. The zero-order chi connectivity index (χ0) is 12.9. The molecule has 0 radical (unpaired) electrons. The molecule has 0 atom stereocenters. The molecule has 0 saturated carbocycles. The first-order chi connectivity index (χ1) is 7.89. The zero-order valence-corrected chi connectivity index (χ0v) is 10.0. The van der Waals surface area contributed by atoms with E-state index in [4.69, 9.17) is 16.3 Å². The van der Waals surface area contributed by atoms with E-state index < -0.39 is 10.2 Å². The first-order valence-electron chi connectivity index (χ1n) is 4.89. The van der Waals surface area contributed by atoms with Crippen molar-refractivity contribution < 1.29 is 8.42 Å². The van der Waals surface area contributed by atoms with Crippen LogP contribution in [0, 0.1) is 5.41 Å². The number of amidine groups is 1. The molecule has 0 saturated heterocycles. The fraction of sp³-hybridized carbons (Fsp3) is 0.333. The van der Waals surface area contributed by atoms with Crippen LogP contribution in [0.15, 0.2) is 24.5 Å². The highest BCUT2D eigenvalue weighted by atomic mass is 32.2. The van der Waals surface area contributed by atoms with E-state index >= 15 is 0 Å². The maximum absolute atomic E-state index is 11.3. The quantitative estimate of drug-likeness (QED) is 0.465. The molecule has 0 unspecified atom stereocenters. The third-order valence-corrected chi connectivity index (χ3v) is 3.10. The van der Waals surface area contributed by atoms with Crippen molar-refractivity contribution in [3.05, 3.63) is 30.1 Å². The maximum atomic E-state index is 11.3. The molecule has 0 aliphatic rings. The minimum absolute atomic E-state index is 0.0789. The average molecular weight is 257 g/mol. The second-order valence-corrected chi connectivity index (χ2v) is 5.06. The Labute approximate surface area is 100 Å². The van der Waals surface area contributed by atoms with E-state index in [0.717, 1.165) is 9.87 Å². The topological polar surface area (TPSA) is 126 Å². The molecule has 17 heavy (non-hydrogen) atoms. The Bertz CT molecular complexity index is 473. The van der Waals surface area contributed by atoms with Gasteiger partial charge in [0.15, 0.2) is 0 Å². The summed E-state index contributed by atoms with van der Waals surface area (Å²) in [6.07, 6.45) is 3.31.